The van der Waals surface area contributed by atoms with Crippen LogP contribution in [0.1, 0.15) is 57.4 Å². The van der Waals surface area contributed by atoms with Crippen LogP contribution in [0.3, 0.4) is 0 Å². The van der Waals surface area contributed by atoms with E-state index in [1.807, 2.05) is 37.4 Å². The molecule has 7 heteroatoms. The molecule has 31 heavy (non-hydrogen) atoms. The zero-order valence-corrected chi connectivity index (χ0v) is 18.5. The first-order valence-electron chi connectivity index (χ1n) is 11.6. The third-order valence-electron chi connectivity index (χ3n) is 5.96. The van der Waals surface area contributed by atoms with Gasteiger partial charge in [-0.25, -0.2) is 9.97 Å². The lowest BCUT2D eigenvalue weighted by Crippen LogP contribution is -2.33. The fourth-order valence-electron chi connectivity index (χ4n) is 4.26. The number of anilines is 3. The molecule has 0 bridgehead atoms. The van der Waals surface area contributed by atoms with Gasteiger partial charge < -0.3 is 15.4 Å². The zero-order chi connectivity index (χ0) is 21.3. The summed E-state index contributed by atoms with van der Waals surface area (Å²) in [7, 11) is 0. The number of nitrogens with zero attached hydrogens (tertiary/aromatic N) is 4. The highest BCUT2D eigenvalue weighted by molar-refractivity contribution is 5.64. The molecule has 1 aliphatic heterocycles. The first-order valence-corrected chi connectivity index (χ1v) is 11.6. The van der Waals surface area contributed by atoms with E-state index in [2.05, 4.69) is 25.5 Å². The van der Waals surface area contributed by atoms with Gasteiger partial charge in [-0.15, -0.1) is 0 Å². The molecular weight excluding hydrogens is 388 g/mol. The molecule has 0 unspecified atom stereocenters. The summed E-state index contributed by atoms with van der Waals surface area (Å²) in [6, 6.07) is 4.34. The summed E-state index contributed by atoms with van der Waals surface area (Å²) >= 11 is 0. The molecule has 3 heterocycles. The molecule has 0 atom stereocenters. The van der Waals surface area contributed by atoms with Crippen molar-refractivity contribution in [1.29, 1.82) is 0 Å². The quantitative estimate of drug-likeness (QED) is 0.597. The Morgan fingerprint density at radius 3 is 2.65 bits per heavy atom. The third kappa shape index (κ3) is 6.40. The second-order valence-corrected chi connectivity index (χ2v) is 8.38. The van der Waals surface area contributed by atoms with E-state index in [4.69, 9.17) is 9.72 Å². The Hall–Kier alpha value is -2.67. The van der Waals surface area contributed by atoms with Gasteiger partial charge in [-0.2, -0.15) is 4.98 Å². The van der Waals surface area contributed by atoms with E-state index in [1.54, 1.807) is 6.20 Å². The number of piperidine rings is 1. The maximum absolute atomic E-state index is 5.87. The number of rotatable bonds is 9. The van der Waals surface area contributed by atoms with Crippen molar-refractivity contribution in [3.05, 3.63) is 36.2 Å². The lowest BCUT2D eigenvalue weighted by atomic mass is 10.1. The Labute approximate surface area is 185 Å². The molecule has 2 fully saturated rings. The van der Waals surface area contributed by atoms with Crippen LogP contribution in [-0.2, 0) is 0 Å². The van der Waals surface area contributed by atoms with Gasteiger partial charge in [0.05, 0.1) is 6.20 Å². The van der Waals surface area contributed by atoms with Gasteiger partial charge in [0.15, 0.2) is 0 Å². The smallest absolute Gasteiger partial charge is 0.230 e. The molecule has 2 N–H and O–H groups in total. The SMILES string of the molecule is C/C=C/c1cnc(Nc2ccc(OCCN3CCCCC3)cn2)nc1NC1CCCC1. The van der Waals surface area contributed by atoms with Crippen molar-refractivity contribution >= 4 is 23.7 Å². The van der Waals surface area contributed by atoms with Crippen molar-refractivity contribution in [2.24, 2.45) is 0 Å². The fourth-order valence-corrected chi connectivity index (χ4v) is 4.26. The summed E-state index contributed by atoms with van der Waals surface area (Å²) in [6.07, 6.45) is 16.6. The molecule has 2 aromatic rings. The van der Waals surface area contributed by atoms with Crippen LogP contribution in [0.4, 0.5) is 17.6 Å². The van der Waals surface area contributed by atoms with Gasteiger partial charge >= 0.3 is 0 Å². The van der Waals surface area contributed by atoms with E-state index in [0.29, 0.717) is 24.4 Å². The molecule has 0 radical (unpaired) electrons. The molecular formula is C24H34N6O. The number of nitrogens with one attached hydrogen (secondary N) is 2. The van der Waals surface area contributed by atoms with Crippen LogP contribution in [0.15, 0.2) is 30.6 Å². The van der Waals surface area contributed by atoms with E-state index in [-0.39, 0.29) is 0 Å². The highest BCUT2D eigenvalue weighted by Crippen LogP contribution is 2.25. The number of pyridine rings is 1. The zero-order valence-electron chi connectivity index (χ0n) is 18.5. The maximum Gasteiger partial charge on any atom is 0.230 e. The first-order chi connectivity index (χ1) is 15.3. The second kappa shape index (κ2) is 11.1. The van der Waals surface area contributed by atoms with Crippen molar-refractivity contribution in [1.82, 2.24) is 19.9 Å². The van der Waals surface area contributed by atoms with Gasteiger partial charge in [0, 0.05) is 24.3 Å². The van der Waals surface area contributed by atoms with E-state index in [9.17, 15) is 0 Å². The monoisotopic (exact) mass is 422 g/mol. The maximum atomic E-state index is 5.87. The van der Waals surface area contributed by atoms with E-state index >= 15 is 0 Å². The van der Waals surface area contributed by atoms with Crippen LogP contribution < -0.4 is 15.4 Å². The third-order valence-corrected chi connectivity index (χ3v) is 5.96. The number of aromatic nitrogens is 3. The predicted octanol–water partition coefficient (Wildman–Crippen LogP) is 4.87. The topological polar surface area (TPSA) is 75.2 Å². The second-order valence-electron chi connectivity index (χ2n) is 8.38. The summed E-state index contributed by atoms with van der Waals surface area (Å²) in [5, 5.41) is 6.81. The van der Waals surface area contributed by atoms with E-state index in [0.717, 1.165) is 23.7 Å². The van der Waals surface area contributed by atoms with Crippen LogP contribution in [0.5, 0.6) is 5.75 Å². The van der Waals surface area contributed by atoms with Crippen LogP contribution in [0, 0.1) is 0 Å². The average Bonchev–Trinajstić information content (AvgIpc) is 3.31. The summed E-state index contributed by atoms with van der Waals surface area (Å²) < 4.78 is 5.87. The summed E-state index contributed by atoms with van der Waals surface area (Å²) in [4.78, 5) is 16.1. The first kappa shape index (κ1) is 21.6. The molecule has 166 valence electrons. The van der Waals surface area contributed by atoms with Crippen LogP contribution >= 0.6 is 0 Å². The number of hydrogen-bond donors (Lipinski definition) is 2. The lowest BCUT2D eigenvalue weighted by Gasteiger charge is -2.26. The van der Waals surface area contributed by atoms with Gasteiger partial charge in [-0.1, -0.05) is 31.4 Å². The van der Waals surface area contributed by atoms with Crippen LogP contribution in [-0.4, -0.2) is 52.1 Å². The highest BCUT2D eigenvalue weighted by atomic mass is 16.5. The Balaban J connectivity index is 1.33. The molecule has 1 aliphatic carbocycles. The van der Waals surface area contributed by atoms with Crippen molar-refractivity contribution in [3.8, 4) is 5.75 Å². The molecule has 0 aromatic carbocycles. The summed E-state index contributed by atoms with van der Waals surface area (Å²) in [6.45, 7) is 6.05. The molecule has 0 amide bonds. The Morgan fingerprint density at radius 2 is 1.90 bits per heavy atom. The Bertz CT molecular complexity index is 842. The minimum atomic E-state index is 0.492. The molecule has 2 aromatic heterocycles. The minimum absolute atomic E-state index is 0.492. The molecule has 7 nitrogen and oxygen atoms in total. The predicted molar refractivity (Wildman–Crippen MR) is 126 cm³/mol. The molecule has 4 rings (SSSR count). The van der Waals surface area contributed by atoms with Crippen LogP contribution in [0.25, 0.3) is 6.08 Å². The van der Waals surface area contributed by atoms with Gasteiger partial charge in [-0.05, 0) is 57.8 Å². The van der Waals surface area contributed by atoms with Crippen molar-refractivity contribution in [3.63, 3.8) is 0 Å². The van der Waals surface area contributed by atoms with Gasteiger partial charge in [0.1, 0.15) is 24.0 Å². The number of likely N-dealkylation sites (tertiary alicyclic amines) is 1. The number of hydrogen-bond acceptors (Lipinski definition) is 7. The van der Waals surface area contributed by atoms with Gasteiger partial charge in [0.2, 0.25) is 5.95 Å². The minimum Gasteiger partial charge on any atom is -0.491 e. The lowest BCUT2D eigenvalue weighted by molar-refractivity contribution is 0.183. The molecule has 0 spiro atoms. The largest absolute Gasteiger partial charge is 0.491 e. The molecule has 2 aliphatic rings. The normalized spacial score (nSPS) is 17.8. The molecule has 1 saturated heterocycles. The summed E-state index contributed by atoms with van der Waals surface area (Å²) in [5.41, 5.74) is 1.00. The standard InChI is InChI=1S/C24H34N6O/c1-2-8-19-17-26-24(29-23(19)27-20-9-4-5-10-20)28-22-12-11-21(18-25-22)31-16-15-30-13-6-3-7-14-30/h2,8,11-12,17-18,20H,3-7,9-10,13-16H2,1H3,(H2,25,26,27,28,29)/b8-2+. The van der Waals surface area contributed by atoms with Crippen LogP contribution in [0.2, 0.25) is 0 Å². The van der Waals surface area contributed by atoms with Crippen molar-refractivity contribution in [2.45, 2.75) is 57.9 Å². The van der Waals surface area contributed by atoms with E-state index < -0.39 is 0 Å². The number of ether oxygens (including phenoxy) is 1. The molecule has 1 saturated carbocycles. The van der Waals surface area contributed by atoms with E-state index in [1.165, 1.54) is 58.0 Å². The Kier molecular flexibility index (Phi) is 7.71. The van der Waals surface area contributed by atoms with Gasteiger partial charge in [-0.3, -0.25) is 4.90 Å². The van der Waals surface area contributed by atoms with Crippen molar-refractivity contribution in [2.75, 3.05) is 36.9 Å². The number of allylic oxidation sites excluding steroid dienone is 1. The van der Waals surface area contributed by atoms with Gasteiger partial charge in [0.25, 0.3) is 0 Å². The fraction of sp³-hybridized carbons (Fsp3) is 0.542. The Morgan fingerprint density at radius 1 is 1.06 bits per heavy atom. The average molecular weight is 423 g/mol. The summed E-state index contributed by atoms with van der Waals surface area (Å²) in [5.74, 6) is 2.91. The van der Waals surface area contributed by atoms with Crippen molar-refractivity contribution < 1.29 is 4.74 Å². The highest BCUT2D eigenvalue weighted by Gasteiger charge is 2.17.